The highest BCUT2D eigenvalue weighted by Gasteiger charge is 2.11. The van der Waals surface area contributed by atoms with E-state index in [1.54, 1.807) is 7.11 Å². The van der Waals surface area contributed by atoms with E-state index in [4.69, 9.17) is 32.7 Å². The summed E-state index contributed by atoms with van der Waals surface area (Å²) in [7, 11) is 1.64. The van der Waals surface area contributed by atoms with Crippen molar-refractivity contribution in [1.82, 2.24) is 5.32 Å². The molecule has 2 aromatic rings. The van der Waals surface area contributed by atoms with Gasteiger partial charge in [0.05, 0.1) is 7.11 Å². The smallest absolute Gasteiger partial charge is 0.163 e. The van der Waals surface area contributed by atoms with Gasteiger partial charge < -0.3 is 14.8 Å². The SMILES string of the molecule is CCCCCCCCNCc1cc(OC)c(OCc2ccc(Cl)cc2)cc1Cl. The van der Waals surface area contributed by atoms with Gasteiger partial charge in [0, 0.05) is 22.7 Å². The third-order valence-corrected chi connectivity index (χ3v) is 5.27. The van der Waals surface area contributed by atoms with Crippen molar-refractivity contribution in [2.24, 2.45) is 0 Å². The van der Waals surface area contributed by atoms with Gasteiger partial charge in [-0.1, -0.05) is 74.4 Å². The number of nitrogens with one attached hydrogen (secondary N) is 1. The van der Waals surface area contributed by atoms with E-state index < -0.39 is 0 Å². The molecule has 0 aromatic heterocycles. The summed E-state index contributed by atoms with van der Waals surface area (Å²) >= 11 is 12.4. The first-order valence-corrected chi connectivity index (χ1v) is 10.8. The second kappa shape index (κ2) is 12.9. The van der Waals surface area contributed by atoms with E-state index >= 15 is 0 Å². The molecule has 2 aromatic carbocycles. The zero-order valence-corrected chi connectivity index (χ0v) is 18.4. The lowest BCUT2D eigenvalue weighted by Gasteiger charge is -2.14. The lowest BCUT2D eigenvalue weighted by Crippen LogP contribution is -2.15. The predicted molar refractivity (Wildman–Crippen MR) is 119 cm³/mol. The van der Waals surface area contributed by atoms with Crippen LogP contribution in [0.1, 0.15) is 56.6 Å². The Hall–Kier alpha value is -1.42. The van der Waals surface area contributed by atoms with Gasteiger partial charge >= 0.3 is 0 Å². The molecule has 154 valence electrons. The van der Waals surface area contributed by atoms with E-state index in [9.17, 15) is 0 Å². The molecular formula is C23H31Cl2NO2. The van der Waals surface area contributed by atoms with Gasteiger partial charge in [0.2, 0.25) is 0 Å². The molecule has 1 N–H and O–H groups in total. The number of hydrogen-bond acceptors (Lipinski definition) is 3. The molecule has 0 saturated heterocycles. The maximum Gasteiger partial charge on any atom is 0.163 e. The molecule has 0 bridgehead atoms. The summed E-state index contributed by atoms with van der Waals surface area (Å²) in [5.41, 5.74) is 2.05. The first kappa shape index (κ1) is 22.9. The third-order valence-electron chi connectivity index (χ3n) is 4.66. The lowest BCUT2D eigenvalue weighted by atomic mass is 10.1. The molecule has 0 radical (unpaired) electrons. The van der Waals surface area contributed by atoms with Crippen LogP contribution < -0.4 is 14.8 Å². The Labute approximate surface area is 179 Å². The van der Waals surface area contributed by atoms with Crippen LogP contribution in [0.5, 0.6) is 11.5 Å². The van der Waals surface area contributed by atoms with E-state index in [2.05, 4.69) is 12.2 Å². The fourth-order valence-electron chi connectivity index (χ4n) is 2.98. The topological polar surface area (TPSA) is 30.5 Å². The van der Waals surface area contributed by atoms with E-state index in [1.165, 1.54) is 38.5 Å². The second-order valence-electron chi connectivity index (χ2n) is 6.95. The first-order chi connectivity index (χ1) is 13.6. The van der Waals surface area contributed by atoms with Crippen molar-refractivity contribution in [3.05, 3.63) is 57.6 Å². The largest absolute Gasteiger partial charge is 0.493 e. The van der Waals surface area contributed by atoms with Crippen LogP contribution in [0.15, 0.2) is 36.4 Å². The minimum absolute atomic E-state index is 0.430. The van der Waals surface area contributed by atoms with Gasteiger partial charge in [-0.05, 0) is 42.3 Å². The fourth-order valence-corrected chi connectivity index (χ4v) is 3.33. The van der Waals surface area contributed by atoms with Crippen LogP contribution in [0.2, 0.25) is 10.0 Å². The lowest BCUT2D eigenvalue weighted by molar-refractivity contribution is 0.284. The van der Waals surface area contributed by atoms with Gasteiger partial charge in [0.1, 0.15) is 6.61 Å². The van der Waals surface area contributed by atoms with Crippen LogP contribution in [0.25, 0.3) is 0 Å². The monoisotopic (exact) mass is 423 g/mol. The van der Waals surface area contributed by atoms with E-state index in [0.29, 0.717) is 28.2 Å². The first-order valence-electron chi connectivity index (χ1n) is 10.1. The molecule has 5 heteroatoms. The van der Waals surface area contributed by atoms with Gasteiger partial charge in [-0.15, -0.1) is 0 Å². The molecule has 3 nitrogen and oxygen atoms in total. The summed E-state index contributed by atoms with van der Waals surface area (Å²) in [6, 6.07) is 11.4. The number of halogens is 2. The van der Waals surface area contributed by atoms with Gasteiger partial charge in [0.15, 0.2) is 11.5 Å². The highest BCUT2D eigenvalue weighted by atomic mass is 35.5. The van der Waals surface area contributed by atoms with Gasteiger partial charge in [-0.25, -0.2) is 0 Å². The van der Waals surface area contributed by atoms with Gasteiger partial charge in [0.25, 0.3) is 0 Å². The molecular weight excluding hydrogens is 393 g/mol. The molecule has 28 heavy (non-hydrogen) atoms. The molecule has 0 amide bonds. The van der Waals surface area contributed by atoms with Crippen molar-refractivity contribution >= 4 is 23.2 Å². The third kappa shape index (κ3) is 7.90. The van der Waals surface area contributed by atoms with Crippen LogP contribution in [-0.4, -0.2) is 13.7 Å². The van der Waals surface area contributed by atoms with Crippen LogP contribution in [-0.2, 0) is 13.2 Å². The summed E-state index contributed by atoms with van der Waals surface area (Å²) in [6.07, 6.45) is 7.77. The Kier molecular flexibility index (Phi) is 10.6. The molecule has 0 unspecified atom stereocenters. The predicted octanol–water partition coefficient (Wildman–Crippen LogP) is 7.03. The number of unbranched alkanes of at least 4 members (excludes halogenated alkanes) is 5. The normalized spacial score (nSPS) is 10.9. The summed E-state index contributed by atoms with van der Waals surface area (Å²) < 4.78 is 11.4. The highest BCUT2D eigenvalue weighted by Crippen LogP contribution is 2.34. The van der Waals surface area contributed by atoms with Gasteiger partial charge in [-0.3, -0.25) is 0 Å². The number of benzene rings is 2. The number of methoxy groups -OCH3 is 1. The molecule has 0 aliphatic carbocycles. The van der Waals surface area contributed by atoms with Crippen molar-refractivity contribution in [2.45, 2.75) is 58.6 Å². The Morgan fingerprint density at radius 2 is 1.61 bits per heavy atom. The minimum atomic E-state index is 0.430. The van der Waals surface area contributed by atoms with Crippen molar-refractivity contribution in [3.8, 4) is 11.5 Å². The maximum atomic E-state index is 6.47. The Bertz CT molecular complexity index is 704. The quantitative estimate of drug-likeness (QED) is 0.350. The highest BCUT2D eigenvalue weighted by molar-refractivity contribution is 6.31. The molecule has 0 spiro atoms. The van der Waals surface area contributed by atoms with Crippen LogP contribution in [0.3, 0.4) is 0 Å². The average Bonchev–Trinajstić information content (AvgIpc) is 2.70. The standard InChI is InChI=1S/C23H31Cl2NO2/c1-3-4-5-6-7-8-13-26-16-19-14-22(27-2)23(15-21(19)25)28-17-18-9-11-20(24)12-10-18/h9-12,14-15,26H,3-8,13,16-17H2,1-2H3. The van der Waals surface area contributed by atoms with E-state index in [-0.39, 0.29) is 0 Å². The summed E-state index contributed by atoms with van der Waals surface area (Å²) in [4.78, 5) is 0. The van der Waals surface area contributed by atoms with E-state index in [1.807, 2.05) is 36.4 Å². The van der Waals surface area contributed by atoms with Gasteiger partial charge in [-0.2, -0.15) is 0 Å². The van der Waals surface area contributed by atoms with Crippen LogP contribution >= 0.6 is 23.2 Å². The van der Waals surface area contributed by atoms with Crippen molar-refractivity contribution in [3.63, 3.8) is 0 Å². The van der Waals surface area contributed by atoms with Crippen LogP contribution in [0, 0.1) is 0 Å². The number of ether oxygens (including phenoxy) is 2. The zero-order chi connectivity index (χ0) is 20.2. The molecule has 0 saturated carbocycles. The minimum Gasteiger partial charge on any atom is -0.493 e. The molecule has 0 heterocycles. The Morgan fingerprint density at radius 3 is 2.32 bits per heavy atom. The van der Waals surface area contributed by atoms with E-state index in [0.717, 1.165) is 24.2 Å². The molecule has 0 fully saturated rings. The molecule has 2 rings (SSSR count). The average molecular weight is 424 g/mol. The van der Waals surface area contributed by atoms with Crippen molar-refractivity contribution in [1.29, 1.82) is 0 Å². The second-order valence-corrected chi connectivity index (χ2v) is 7.80. The Morgan fingerprint density at radius 1 is 0.893 bits per heavy atom. The van der Waals surface area contributed by atoms with Crippen LogP contribution in [0.4, 0.5) is 0 Å². The molecule has 0 aliphatic heterocycles. The maximum absolute atomic E-state index is 6.47. The summed E-state index contributed by atoms with van der Waals surface area (Å²) in [6.45, 7) is 4.40. The van der Waals surface area contributed by atoms with Crippen molar-refractivity contribution in [2.75, 3.05) is 13.7 Å². The fraction of sp³-hybridized carbons (Fsp3) is 0.478. The molecule has 0 aliphatic rings. The zero-order valence-electron chi connectivity index (χ0n) is 16.9. The summed E-state index contributed by atoms with van der Waals surface area (Å²) in [5.74, 6) is 1.33. The number of rotatable bonds is 13. The molecule has 0 atom stereocenters. The van der Waals surface area contributed by atoms with Crippen molar-refractivity contribution < 1.29 is 9.47 Å². The Balaban J connectivity index is 1.83. The number of hydrogen-bond donors (Lipinski definition) is 1. The summed E-state index contributed by atoms with van der Waals surface area (Å²) in [5, 5.41) is 4.87.